The number of nitrogens with zero attached hydrogens (tertiary/aromatic N) is 2. The third-order valence-corrected chi connectivity index (χ3v) is 6.93. The van der Waals surface area contributed by atoms with Gasteiger partial charge in [-0.15, -0.1) is 5.10 Å². The maximum absolute atomic E-state index is 12.3. The van der Waals surface area contributed by atoms with Crippen molar-refractivity contribution in [2.75, 3.05) is 13.2 Å². The second-order valence-corrected chi connectivity index (χ2v) is 9.83. The lowest BCUT2D eigenvalue weighted by Crippen LogP contribution is -2.39. The number of thioether (sulfide) groups is 1. The number of benzene rings is 1. The van der Waals surface area contributed by atoms with Gasteiger partial charge in [-0.3, -0.25) is 14.4 Å². The van der Waals surface area contributed by atoms with E-state index in [9.17, 15) is 14.4 Å². The molecule has 1 atom stereocenters. The normalized spacial score (nSPS) is 19.9. The number of amides is 2. The molecule has 1 aliphatic carbocycles. The van der Waals surface area contributed by atoms with Crippen LogP contribution in [-0.4, -0.2) is 58.8 Å². The maximum atomic E-state index is 12.3. The second-order valence-electron chi connectivity index (χ2n) is 7.79. The van der Waals surface area contributed by atoms with Gasteiger partial charge in [0.15, 0.2) is 23.3 Å². The number of rotatable bonds is 10. The first-order chi connectivity index (χ1) is 16.4. The first kappa shape index (κ1) is 26.0. The molecule has 2 fully saturated rings. The smallest absolute Gasteiger partial charge is 0.305 e. The Kier molecular flexibility index (Phi) is 9.75. The molecule has 184 valence electrons. The summed E-state index contributed by atoms with van der Waals surface area (Å²) in [5.41, 5.74) is 0.642. The van der Waals surface area contributed by atoms with Gasteiger partial charge in [-0.05, 0) is 47.8 Å². The van der Waals surface area contributed by atoms with Gasteiger partial charge in [0, 0.05) is 16.1 Å². The summed E-state index contributed by atoms with van der Waals surface area (Å²) in [6.07, 6.45) is 6.67. The van der Waals surface area contributed by atoms with E-state index in [0.29, 0.717) is 28.1 Å². The molecule has 0 radical (unpaired) electrons. The molecule has 34 heavy (non-hydrogen) atoms. The molecule has 1 unspecified atom stereocenters. The van der Waals surface area contributed by atoms with E-state index in [4.69, 9.17) is 14.6 Å². The highest BCUT2D eigenvalue weighted by atomic mass is 79.9. The van der Waals surface area contributed by atoms with Crippen LogP contribution in [0, 0.1) is 0 Å². The highest BCUT2D eigenvalue weighted by Crippen LogP contribution is 2.33. The third kappa shape index (κ3) is 7.73. The quantitative estimate of drug-likeness (QED) is 0.298. The molecule has 12 heteroatoms. The van der Waals surface area contributed by atoms with Crippen LogP contribution in [0.2, 0.25) is 0 Å². The minimum atomic E-state index is -1.06. The molecule has 1 heterocycles. The van der Waals surface area contributed by atoms with Gasteiger partial charge in [0.05, 0.1) is 19.2 Å². The van der Waals surface area contributed by atoms with Crippen LogP contribution in [0.1, 0.15) is 51.0 Å². The van der Waals surface area contributed by atoms with Crippen molar-refractivity contribution in [1.82, 2.24) is 10.6 Å². The van der Waals surface area contributed by atoms with Crippen molar-refractivity contribution < 1.29 is 29.0 Å². The number of carboxylic acids is 1. The minimum absolute atomic E-state index is 0.113. The fourth-order valence-corrected chi connectivity index (χ4v) is 4.92. The van der Waals surface area contributed by atoms with E-state index in [0.717, 1.165) is 37.4 Å². The topological polar surface area (TPSA) is 139 Å². The van der Waals surface area contributed by atoms with Crippen molar-refractivity contribution in [3.63, 3.8) is 0 Å². The molecule has 2 aliphatic rings. The summed E-state index contributed by atoms with van der Waals surface area (Å²) < 4.78 is 12.0. The van der Waals surface area contributed by atoms with Gasteiger partial charge in [-0.1, -0.05) is 31.0 Å². The third-order valence-electron chi connectivity index (χ3n) is 5.17. The molecule has 1 saturated carbocycles. The lowest BCUT2D eigenvalue weighted by atomic mass is 9.95. The lowest BCUT2D eigenvalue weighted by molar-refractivity contribution is -0.138. The number of carbonyl (C=O) groups excluding carboxylic acids is 2. The highest BCUT2D eigenvalue weighted by Gasteiger charge is 2.32. The summed E-state index contributed by atoms with van der Waals surface area (Å²) in [6, 6.07) is 3.62. The fourth-order valence-electron chi connectivity index (χ4n) is 3.58. The van der Waals surface area contributed by atoms with Gasteiger partial charge in [-0.2, -0.15) is 5.10 Å². The predicted molar refractivity (Wildman–Crippen MR) is 133 cm³/mol. The van der Waals surface area contributed by atoms with Gasteiger partial charge >= 0.3 is 5.97 Å². The minimum Gasteiger partial charge on any atom is -0.490 e. The van der Waals surface area contributed by atoms with Crippen molar-refractivity contribution in [3.8, 4) is 11.5 Å². The van der Waals surface area contributed by atoms with Gasteiger partial charge in [-0.25, -0.2) is 0 Å². The van der Waals surface area contributed by atoms with E-state index in [1.165, 1.54) is 12.6 Å². The number of halogens is 1. The van der Waals surface area contributed by atoms with Gasteiger partial charge in [0.25, 0.3) is 5.91 Å². The molecule has 0 bridgehead atoms. The van der Waals surface area contributed by atoms with Crippen LogP contribution in [0.4, 0.5) is 0 Å². The van der Waals surface area contributed by atoms with Crippen molar-refractivity contribution in [2.24, 2.45) is 10.2 Å². The zero-order chi connectivity index (χ0) is 24.5. The van der Waals surface area contributed by atoms with Crippen LogP contribution in [-0.2, 0) is 14.4 Å². The van der Waals surface area contributed by atoms with E-state index in [1.807, 2.05) is 6.92 Å². The summed E-state index contributed by atoms with van der Waals surface area (Å²) in [5, 5.41) is 21.8. The Morgan fingerprint density at radius 3 is 2.71 bits per heavy atom. The zero-order valence-corrected chi connectivity index (χ0v) is 21.1. The molecular weight excluding hydrogens is 528 g/mol. The Morgan fingerprint density at radius 1 is 1.26 bits per heavy atom. The number of nitrogens with one attached hydrogen (secondary N) is 2. The SMILES string of the molecule is CCOc1cc(C=NN=C2NC(=O)C(CC(=O)O)S2)c(Br)cc1OCC(=O)NC1CCCCC1. The largest absolute Gasteiger partial charge is 0.490 e. The van der Waals surface area contributed by atoms with Gasteiger partial charge < -0.3 is 25.2 Å². The van der Waals surface area contributed by atoms with Crippen LogP contribution in [0.5, 0.6) is 11.5 Å². The molecule has 2 amide bonds. The monoisotopic (exact) mass is 554 g/mol. The number of aliphatic carboxylic acids is 1. The number of hydrogen-bond donors (Lipinski definition) is 3. The predicted octanol–water partition coefficient (Wildman–Crippen LogP) is 3.07. The Balaban J connectivity index is 1.63. The van der Waals surface area contributed by atoms with Crippen molar-refractivity contribution in [1.29, 1.82) is 0 Å². The number of carbonyl (C=O) groups is 3. The molecule has 3 rings (SSSR count). The molecule has 1 aromatic carbocycles. The first-order valence-electron chi connectivity index (χ1n) is 11.0. The average Bonchev–Trinajstić information content (AvgIpc) is 3.13. The molecule has 3 N–H and O–H groups in total. The summed E-state index contributed by atoms with van der Waals surface area (Å²) in [5.74, 6) is -0.751. The molecule has 0 spiro atoms. The summed E-state index contributed by atoms with van der Waals surface area (Å²) >= 11 is 4.49. The van der Waals surface area contributed by atoms with Crippen LogP contribution in [0.15, 0.2) is 26.8 Å². The fraction of sp³-hybridized carbons (Fsp3) is 0.500. The first-order valence-corrected chi connectivity index (χ1v) is 12.7. The second kappa shape index (κ2) is 12.7. The summed E-state index contributed by atoms with van der Waals surface area (Å²) in [6.45, 7) is 2.13. The molecule has 0 aromatic heterocycles. The lowest BCUT2D eigenvalue weighted by Gasteiger charge is -2.22. The van der Waals surface area contributed by atoms with Crippen LogP contribution < -0.4 is 20.1 Å². The summed E-state index contributed by atoms with van der Waals surface area (Å²) in [4.78, 5) is 34.9. The Hall–Kier alpha value is -2.60. The number of ether oxygens (including phenoxy) is 2. The average molecular weight is 555 g/mol. The van der Waals surface area contributed by atoms with E-state index < -0.39 is 17.1 Å². The Bertz CT molecular complexity index is 980. The van der Waals surface area contributed by atoms with E-state index in [2.05, 4.69) is 36.8 Å². The van der Waals surface area contributed by atoms with Gasteiger partial charge in [0.2, 0.25) is 5.91 Å². The Morgan fingerprint density at radius 2 is 2.00 bits per heavy atom. The standard InChI is InChI=1S/C22H27BrN4O6S/c1-2-32-16-8-13(11-24-27-22-26-21(31)18(34-22)10-20(29)30)15(23)9-17(16)33-12-19(28)25-14-6-4-3-5-7-14/h8-9,11,14,18H,2-7,10,12H2,1H3,(H,25,28)(H,29,30)(H,26,27,31). The van der Waals surface area contributed by atoms with E-state index >= 15 is 0 Å². The summed E-state index contributed by atoms with van der Waals surface area (Å²) in [7, 11) is 0. The Labute approximate surface area is 210 Å². The van der Waals surface area contributed by atoms with Crippen molar-refractivity contribution >= 4 is 56.9 Å². The molecule has 1 saturated heterocycles. The van der Waals surface area contributed by atoms with Crippen molar-refractivity contribution in [3.05, 3.63) is 22.2 Å². The number of carboxylic acid groups (broad SMARTS) is 1. The van der Waals surface area contributed by atoms with E-state index in [-0.39, 0.29) is 30.1 Å². The van der Waals surface area contributed by atoms with Crippen molar-refractivity contribution in [2.45, 2.75) is 56.7 Å². The highest BCUT2D eigenvalue weighted by molar-refractivity contribution is 9.10. The number of amidine groups is 1. The molecule has 1 aliphatic heterocycles. The molecular formula is C22H27BrN4O6S. The van der Waals surface area contributed by atoms with Crippen LogP contribution in [0.25, 0.3) is 0 Å². The zero-order valence-electron chi connectivity index (χ0n) is 18.7. The molecule has 10 nitrogen and oxygen atoms in total. The number of hydrogen-bond acceptors (Lipinski definition) is 8. The molecule has 1 aromatic rings. The van der Waals surface area contributed by atoms with Crippen LogP contribution >= 0.6 is 27.7 Å². The van der Waals surface area contributed by atoms with E-state index in [1.54, 1.807) is 12.1 Å². The maximum Gasteiger partial charge on any atom is 0.305 e. The van der Waals surface area contributed by atoms with Gasteiger partial charge in [0.1, 0.15) is 5.25 Å². The van der Waals surface area contributed by atoms with Crippen LogP contribution in [0.3, 0.4) is 0 Å².